The molecule has 8 heteroatoms. The van der Waals surface area contributed by atoms with Crippen molar-refractivity contribution in [3.8, 4) is 0 Å². The van der Waals surface area contributed by atoms with Crippen molar-refractivity contribution < 1.29 is 27.8 Å². The first-order valence-corrected chi connectivity index (χ1v) is 9.85. The van der Waals surface area contributed by atoms with E-state index in [1.165, 1.54) is 0 Å². The van der Waals surface area contributed by atoms with E-state index in [1.54, 1.807) is 12.1 Å². The van der Waals surface area contributed by atoms with Crippen molar-refractivity contribution in [1.29, 1.82) is 0 Å². The first-order valence-electron chi connectivity index (χ1n) is 9.47. The number of carbonyl (C=O) groups is 1. The molecule has 2 aliphatic rings. The summed E-state index contributed by atoms with van der Waals surface area (Å²) in [5.74, 6) is -0.905. The third-order valence-electron chi connectivity index (χ3n) is 5.97. The summed E-state index contributed by atoms with van der Waals surface area (Å²) in [6.07, 6.45) is -4.44. The summed E-state index contributed by atoms with van der Waals surface area (Å²) < 4.78 is 42.2. The standard InChI is InChI=1S/C20H25ClF3NO3/c1-11-9-13(21)10-12(2)15(11)16-17(26)19(25-18(16)27)5-3-14(4-6-19)28-8-7-20(22,23)24/h9-10,14,16-17,26H,3-8H2,1-2H3,(H,25,27). The van der Waals surface area contributed by atoms with Crippen molar-refractivity contribution in [1.82, 2.24) is 5.32 Å². The lowest BCUT2D eigenvalue weighted by atomic mass is 9.74. The van der Waals surface area contributed by atoms with E-state index >= 15 is 0 Å². The van der Waals surface area contributed by atoms with Gasteiger partial charge in [-0.05, 0) is 68.4 Å². The molecule has 156 valence electrons. The van der Waals surface area contributed by atoms with Crippen LogP contribution in [0.25, 0.3) is 0 Å². The highest BCUT2D eigenvalue weighted by Gasteiger charge is 2.54. The smallest absolute Gasteiger partial charge is 0.389 e. The van der Waals surface area contributed by atoms with Crippen LogP contribution in [-0.2, 0) is 9.53 Å². The fraction of sp³-hybridized carbons (Fsp3) is 0.650. The second-order valence-corrected chi connectivity index (χ2v) is 8.39. The van der Waals surface area contributed by atoms with E-state index in [-0.39, 0.29) is 18.6 Å². The lowest BCUT2D eigenvalue weighted by molar-refractivity contribution is -0.151. The zero-order valence-electron chi connectivity index (χ0n) is 15.9. The van der Waals surface area contributed by atoms with E-state index in [0.29, 0.717) is 30.7 Å². The SMILES string of the molecule is Cc1cc(Cl)cc(C)c1C1C(=O)NC2(CCC(OCCC(F)(F)F)CC2)C1O. The molecule has 2 unspecified atom stereocenters. The molecular formula is C20H25ClF3NO3. The second-order valence-electron chi connectivity index (χ2n) is 7.96. The largest absolute Gasteiger partial charge is 0.391 e. The van der Waals surface area contributed by atoms with E-state index in [2.05, 4.69) is 5.32 Å². The van der Waals surface area contributed by atoms with Gasteiger partial charge in [-0.25, -0.2) is 0 Å². The first kappa shape index (κ1) is 21.4. The molecular weight excluding hydrogens is 395 g/mol. The monoisotopic (exact) mass is 419 g/mol. The van der Waals surface area contributed by atoms with Gasteiger partial charge in [0.15, 0.2) is 0 Å². The van der Waals surface area contributed by atoms with Crippen molar-refractivity contribution in [2.24, 2.45) is 0 Å². The predicted molar refractivity (Wildman–Crippen MR) is 99.4 cm³/mol. The maximum absolute atomic E-state index is 12.8. The van der Waals surface area contributed by atoms with Crippen LogP contribution >= 0.6 is 11.6 Å². The third kappa shape index (κ3) is 4.31. The number of alkyl halides is 3. The van der Waals surface area contributed by atoms with Gasteiger partial charge in [-0.1, -0.05) is 11.6 Å². The summed E-state index contributed by atoms with van der Waals surface area (Å²) in [5.41, 5.74) is 1.73. The fourth-order valence-corrected chi connectivity index (χ4v) is 4.92. The van der Waals surface area contributed by atoms with Gasteiger partial charge >= 0.3 is 6.18 Å². The van der Waals surface area contributed by atoms with Gasteiger partial charge in [-0.2, -0.15) is 13.2 Å². The molecule has 0 radical (unpaired) electrons. The number of nitrogens with one attached hydrogen (secondary N) is 1. The van der Waals surface area contributed by atoms with Gasteiger partial charge in [0, 0.05) is 5.02 Å². The zero-order chi connectivity index (χ0) is 20.7. The Balaban J connectivity index is 1.68. The van der Waals surface area contributed by atoms with Crippen molar-refractivity contribution >= 4 is 17.5 Å². The maximum atomic E-state index is 12.8. The summed E-state index contributed by atoms with van der Waals surface area (Å²) in [5, 5.41) is 14.6. The highest BCUT2D eigenvalue weighted by molar-refractivity contribution is 6.30. The predicted octanol–water partition coefficient (Wildman–Crippen LogP) is 4.18. The third-order valence-corrected chi connectivity index (χ3v) is 6.19. The Morgan fingerprint density at radius 2 is 1.82 bits per heavy atom. The molecule has 0 bridgehead atoms. The molecule has 1 saturated carbocycles. The number of halogens is 4. The van der Waals surface area contributed by atoms with E-state index < -0.39 is 30.2 Å². The maximum Gasteiger partial charge on any atom is 0.391 e. The van der Waals surface area contributed by atoms with Crippen molar-refractivity contribution in [3.05, 3.63) is 33.8 Å². The number of hydrogen-bond acceptors (Lipinski definition) is 3. The Morgan fingerprint density at radius 1 is 1.25 bits per heavy atom. The van der Waals surface area contributed by atoms with Gasteiger partial charge in [0.2, 0.25) is 5.91 Å². The van der Waals surface area contributed by atoms with Crippen LogP contribution in [0.4, 0.5) is 13.2 Å². The number of aryl methyl sites for hydroxylation is 2. The van der Waals surface area contributed by atoms with Crippen LogP contribution in [0.5, 0.6) is 0 Å². The normalized spacial score (nSPS) is 30.7. The molecule has 1 amide bonds. The molecule has 2 fully saturated rings. The molecule has 0 aromatic heterocycles. The summed E-state index contributed by atoms with van der Waals surface area (Å²) >= 11 is 6.08. The lowest BCUT2D eigenvalue weighted by Crippen LogP contribution is -2.52. The quantitative estimate of drug-likeness (QED) is 0.769. The highest BCUT2D eigenvalue weighted by atomic mass is 35.5. The zero-order valence-corrected chi connectivity index (χ0v) is 16.7. The number of hydrogen-bond donors (Lipinski definition) is 2. The molecule has 1 saturated heterocycles. The number of carbonyl (C=O) groups excluding carboxylic acids is 1. The van der Waals surface area contributed by atoms with Gasteiger partial charge in [-0.3, -0.25) is 4.79 Å². The van der Waals surface area contributed by atoms with Crippen LogP contribution in [0.1, 0.15) is 54.7 Å². The van der Waals surface area contributed by atoms with Crippen molar-refractivity contribution in [2.45, 2.75) is 75.8 Å². The summed E-state index contributed by atoms with van der Waals surface area (Å²) in [6, 6.07) is 3.56. The molecule has 1 aromatic rings. The molecule has 2 atom stereocenters. The number of rotatable bonds is 4. The fourth-order valence-electron chi connectivity index (χ4n) is 4.60. The Kier molecular flexibility index (Phi) is 5.99. The second kappa shape index (κ2) is 7.84. The number of ether oxygens (including phenoxy) is 1. The lowest BCUT2D eigenvalue weighted by Gasteiger charge is -2.40. The average Bonchev–Trinajstić information content (AvgIpc) is 2.79. The minimum atomic E-state index is -4.23. The Hall–Kier alpha value is -1.31. The Morgan fingerprint density at radius 3 is 2.36 bits per heavy atom. The van der Waals surface area contributed by atoms with Crippen molar-refractivity contribution in [2.75, 3.05) is 6.61 Å². The van der Waals surface area contributed by atoms with Gasteiger partial charge in [0.05, 0.1) is 36.7 Å². The van der Waals surface area contributed by atoms with Gasteiger partial charge in [-0.15, -0.1) is 0 Å². The highest BCUT2D eigenvalue weighted by Crippen LogP contribution is 2.44. The molecule has 1 spiro atoms. The van der Waals surface area contributed by atoms with Crippen LogP contribution in [0, 0.1) is 13.8 Å². The van der Waals surface area contributed by atoms with E-state index in [1.807, 2.05) is 13.8 Å². The average molecular weight is 420 g/mol. The molecule has 2 N–H and O–H groups in total. The van der Waals surface area contributed by atoms with Gasteiger partial charge < -0.3 is 15.2 Å². The van der Waals surface area contributed by atoms with Gasteiger partial charge in [0.25, 0.3) is 0 Å². The molecule has 1 aliphatic heterocycles. The van der Waals surface area contributed by atoms with Gasteiger partial charge in [0.1, 0.15) is 0 Å². The summed E-state index contributed by atoms with van der Waals surface area (Å²) in [6.45, 7) is 3.37. The van der Waals surface area contributed by atoms with Crippen LogP contribution < -0.4 is 5.32 Å². The molecule has 1 aromatic carbocycles. The Labute approximate surface area is 167 Å². The number of aliphatic hydroxyl groups is 1. The Bertz CT molecular complexity index is 722. The van der Waals surface area contributed by atoms with Crippen LogP contribution in [0.2, 0.25) is 5.02 Å². The number of benzene rings is 1. The van der Waals surface area contributed by atoms with E-state index in [0.717, 1.165) is 16.7 Å². The number of aliphatic hydroxyl groups excluding tert-OH is 1. The van der Waals surface area contributed by atoms with Crippen molar-refractivity contribution in [3.63, 3.8) is 0 Å². The van der Waals surface area contributed by atoms with Crippen LogP contribution in [0.15, 0.2) is 12.1 Å². The number of amides is 1. The van der Waals surface area contributed by atoms with Crippen LogP contribution in [0.3, 0.4) is 0 Å². The topological polar surface area (TPSA) is 58.6 Å². The van der Waals surface area contributed by atoms with E-state index in [9.17, 15) is 23.1 Å². The molecule has 1 heterocycles. The molecule has 28 heavy (non-hydrogen) atoms. The summed E-state index contributed by atoms with van der Waals surface area (Å²) in [7, 11) is 0. The summed E-state index contributed by atoms with van der Waals surface area (Å²) in [4.78, 5) is 12.8. The van der Waals surface area contributed by atoms with E-state index in [4.69, 9.17) is 16.3 Å². The molecule has 3 rings (SSSR count). The molecule has 1 aliphatic carbocycles. The minimum absolute atomic E-state index is 0.225. The molecule has 4 nitrogen and oxygen atoms in total. The van der Waals surface area contributed by atoms with Crippen LogP contribution in [-0.4, -0.2) is 41.5 Å². The minimum Gasteiger partial charge on any atom is -0.389 e. The first-order chi connectivity index (χ1) is 13.0.